The molecule has 3 aromatic carbocycles. The van der Waals surface area contributed by atoms with Gasteiger partial charge in [0, 0.05) is 22.4 Å². The highest BCUT2D eigenvalue weighted by Gasteiger charge is 2.42. The van der Waals surface area contributed by atoms with Crippen molar-refractivity contribution in [3.8, 4) is 5.75 Å². The Bertz CT molecular complexity index is 1230. The maximum absolute atomic E-state index is 11.3. The topological polar surface area (TPSA) is 55.8 Å². The highest BCUT2D eigenvalue weighted by Crippen LogP contribution is 2.54. The molecule has 4 nitrogen and oxygen atoms in total. The second-order valence-corrected chi connectivity index (χ2v) is 10.3. The van der Waals surface area contributed by atoms with Gasteiger partial charge >= 0.3 is 5.97 Å². The first-order valence-electron chi connectivity index (χ1n) is 11.5. The van der Waals surface area contributed by atoms with E-state index in [9.17, 15) is 9.90 Å². The minimum Gasteiger partial charge on any atom is -0.480 e. The molecule has 0 aromatic heterocycles. The van der Waals surface area contributed by atoms with E-state index in [1.54, 1.807) is 0 Å². The fourth-order valence-electron chi connectivity index (χ4n) is 4.89. The molecule has 0 aliphatic carbocycles. The summed E-state index contributed by atoms with van der Waals surface area (Å²) in [6.45, 7) is 7.86. The molecule has 1 fully saturated rings. The lowest BCUT2D eigenvalue weighted by atomic mass is 9.74. The lowest BCUT2D eigenvalue weighted by molar-refractivity contribution is -0.139. The van der Waals surface area contributed by atoms with Gasteiger partial charge in [-0.2, -0.15) is 0 Å². The molecule has 35 heavy (non-hydrogen) atoms. The molecular weight excluding hydrogens is 528 g/mol. The summed E-state index contributed by atoms with van der Waals surface area (Å²) in [5.41, 5.74) is 4.91. The van der Waals surface area contributed by atoms with Gasteiger partial charge in [0.2, 0.25) is 0 Å². The van der Waals surface area contributed by atoms with Crippen molar-refractivity contribution in [2.75, 3.05) is 6.61 Å². The van der Waals surface area contributed by atoms with Crippen molar-refractivity contribution >= 4 is 33.5 Å². The van der Waals surface area contributed by atoms with Crippen molar-refractivity contribution in [1.29, 1.82) is 0 Å². The van der Waals surface area contributed by atoms with Gasteiger partial charge in [-0.15, -0.1) is 0 Å². The highest BCUT2D eigenvalue weighted by atomic mass is 79.9. The lowest BCUT2D eigenvalue weighted by Gasteiger charge is -2.43. The number of hydrogen-bond donors (Lipinski definition) is 1. The van der Waals surface area contributed by atoms with Gasteiger partial charge in [0.05, 0.1) is 16.7 Å². The summed E-state index contributed by atoms with van der Waals surface area (Å²) in [6.07, 6.45) is 0.132. The first-order valence-corrected chi connectivity index (χ1v) is 12.7. The van der Waals surface area contributed by atoms with Gasteiger partial charge in [0.15, 0.2) is 6.61 Å². The summed E-state index contributed by atoms with van der Waals surface area (Å²) in [4.78, 5) is 11.3. The fourth-order valence-corrected chi connectivity index (χ4v) is 5.87. The van der Waals surface area contributed by atoms with Crippen LogP contribution in [0, 0.1) is 12.8 Å². The largest absolute Gasteiger partial charge is 0.480 e. The molecule has 0 bridgehead atoms. The molecule has 3 aromatic rings. The van der Waals surface area contributed by atoms with Gasteiger partial charge in [-0.25, -0.2) is 4.79 Å². The number of carboxylic acid groups (broad SMARTS) is 1. The molecule has 1 aliphatic heterocycles. The van der Waals surface area contributed by atoms with E-state index in [1.165, 1.54) is 0 Å². The third kappa shape index (κ3) is 5.64. The van der Waals surface area contributed by atoms with Crippen LogP contribution in [0.25, 0.3) is 0 Å². The molecule has 0 amide bonds. The fraction of sp³-hybridized carbons (Fsp3) is 0.276. The molecule has 0 unspecified atom stereocenters. The van der Waals surface area contributed by atoms with E-state index in [4.69, 9.17) is 21.1 Å². The van der Waals surface area contributed by atoms with Gasteiger partial charge in [-0.3, -0.25) is 0 Å². The van der Waals surface area contributed by atoms with E-state index in [0.717, 1.165) is 34.2 Å². The second-order valence-electron chi connectivity index (χ2n) is 9.05. The van der Waals surface area contributed by atoms with Crippen molar-refractivity contribution in [2.24, 2.45) is 5.92 Å². The third-order valence-corrected chi connectivity index (χ3v) is 7.39. The number of hydrogen-bond acceptors (Lipinski definition) is 3. The second kappa shape index (κ2) is 11.0. The van der Waals surface area contributed by atoms with Crippen LogP contribution in [0.15, 0.2) is 83.4 Å². The van der Waals surface area contributed by atoms with Gasteiger partial charge in [-0.1, -0.05) is 72.3 Å². The van der Waals surface area contributed by atoms with E-state index >= 15 is 0 Å². The number of rotatable bonds is 7. The zero-order valence-electron chi connectivity index (χ0n) is 19.7. The van der Waals surface area contributed by atoms with Crippen LogP contribution in [-0.4, -0.2) is 17.7 Å². The number of aryl methyl sites for hydroxylation is 1. The summed E-state index contributed by atoms with van der Waals surface area (Å²) in [5.74, 6) is -0.569. The predicted molar refractivity (Wildman–Crippen MR) is 142 cm³/mol. The van der Waals surface area contributed by atoms with Crippen LogP contribution >= 0.6 is 27.5 Å². The Labute approximate surface area is 219 Å². The number of aliphatic carboxylic acids is 1. The van der Waals surface area contributed by atoms with Crippen LogP contribution in [0.1, 0.15) is 53.7 Å². The van der Waals surface area contributed by atoms with Crippen molar-refractivity contribution < 1.29 is 19.4 Å². The first kappa shape index (κ1) is 25.5. The Hall–Kier alpha value is -2.60. The number of ether oxygens (including phenoxy) is 2. The van der Waals surface area contributed by atoms with Gasteiger partial charge in [0.25, 0.3) is 0 Å². The Kier molecular flexibility index (Phi) is 8.00. The van der Waals surface area contributed by atoms with Crippen molar-refractivity contribution in [2.45, 2.75) is 38.4 Å². The maximum atomic E-state index is 11.3. The first-order chi connectivity index (χ1) is 16.8. The quantitative estimate of drug-likeness (QED) is 0.300. The Morgan fingerprint density at radius 3 is 2.46 bits per heavy atom. The Morgan fingerprint density at radius 1 is 1.11 bits per heavy atom. The van der Waals surface area contributed by atoms with Crippen molar-refractivity contribution in [3.63, 3.8) is 0 Å². The van der Waals surface area contributed by atoms with E-state index < -0.39 is 12.6 Å². The molecule has 1 heterocycles. The average molecular weight is 556 g/mol. The van der Waals surface area contributed by atoms with Crippen molar-refractivity contribution in [1.82, 2.24) is 0 Å². The molecule has 182 valence electrons. The number of halogens is 2. The normalized spacial score (nSPS) is 21.9. The standard InChI is InChI=1S/C29H28BrClO4/c1-17(2)21-15-22(20-11-7-8-12-25(20)31)27(19-9-5-4-6-10-19)35-28(21)23-13-18(3)14-24(30)29(23)34-16-26(32)33/h4-14,21-22,27-28H,1,15-16H2,2-3H3,(H,32,33)/t21-,22-,27+,28+/m1/s1. The third-order valence-electron chi connectivity index (χ3n) is 6.46. The molecule has 1 aliphatic rings. The molecule has 1 saturated heterocycles. The Balaban J connectivity index is 1.84. The minimum atomic E-state index is -1.04. The van der Waals surface area contributed by atoms with Crippen LogP contribution in [0.4, 0.5) is 0 Å². The van der Waals surface area contributed by atoms with E-state index in [2.05, 4.69) is 40.7 Å². The van der Waals surface area contributed by atoms with Gasteiger partial charge < -0.3 is 14.6 Å². The maximum Gasteiger partial charge on any atom is 0.341 e. The summed E-state index contributed by atoms with van der Waals surface area (Å²) in [5, 5.41) is 9.95. The molecule has 0 radical (unpaired) electrons. The van der Waals surface area contributed by atoms with E-state index in [0.29, 0.717) is 15.2 Å². The molecule has 4 atom stereocenters. The van der Waals surface area contributed by atoms with Crippen LogP contribution in [0.2, 0.25) is 5.02 Å². The van der Waals surface area contributed by atoms with Crippen LogP contribution in [-0.2, 0) is 9.53 Å². The van der Waals surface area contributed by atoms with Crippen LogP contribution in [0.5, 0.6) is 5.75 Å². The lowest BCUT2D eigenvalue weighted by Crippen LogP contribution is -2.32. The van der Waals surface area contributed by atoms with Gasteiger partial charge in [-0.05, 0) is 71.1 Å². The number of carbonyl (C=O) groups is 1. The zero-order valence-corrected chi connectivity index (χ0v) is 22.1. The Morgan fingerprint density at radius 2 is 1.80 bits per heavy atom. The summed E-state index contributed by atoms with van der Waals surface area (Å²) < 4.78 is 13.4. The highest BCUT2D eigenvalue weighted by molar-refractivity contribution is 9.10. The predicted octanol–water partition coefficient (Wildman–Crippen LogP) is 8.05. The van der Waals surface area contributed by atoms with Crippen molar-refractivity contribution in [3.05, 3.63) is 111 Å². The summed E-state index contributed by atoms with van der Waals surface area (Å²) in [7, 11) is 0. The van der Waals surface area contributed by atoms with Crippen LogP contribution in [0.3, 0.4) is 0 Å². The molecular formula is C29H28BrClO4. The molecule has 6 heteroatoms. The minimum absolute atomic E-state index is 0.0145. The zero-order chi connectivity index (χ0) is 25.1. The molecule has 0 spiro atoms. The summed E-state index contributed by atoms with van der Waals surface area (Å²) >= 11 is 10.2. The van der Waals surface area contributed by atoms with Gasteiger partial charge in [0.1, 0.15) is 5.75 Å². The summed E-state index contributed by atoms with van der Waals surface area (Å²) in [6, 6.07) is 22.0. The molecule has 0 saturated carbocycles. The monoisotopic (exact) mass is 554 g/mol. The average Bonchev–Trinajstić information content (AvgIpc) is 2.83. The van der Waals surface area contributed by atoms with Crippen LogP contribution < -0.4 is 4.74 Å². The molecule has 4 rings (SSSR count). The number of benzene rings is 3. The van der Waals surface area contributed by atoms with E-state index in [1.807, 2.05) is 62.4 Å². The van der Waals surface area contributed by atoms with E-state index in [-0.39, 0.29) is 24.0 Å². The molecule has 1 N–H and O–H groups in total. The SMILES string of the molecule is C=C(C)[C@H]1C[C@H](c2ccccc2Cl)[C@H](c2ccccc2)O[C@@H]1c1cc(C)cc(Br)c1OCC(=O)O. The number of carboxylic acids is 1. The smallest absolute Gasteiger partial charge is 0.341 e.